The smallest absolute Gasteiger partial charge is 0.330 e. The van der Waals surface area contributed by atoms with Crippen molar-refractivity contribution in [1.82, 2.24) is 14.5 Å². The molecule has 0 saturated heterocycles. The Hall–Kier alpha value is -2.87. The minimum atomic E-state index is -0.599. The van der Waals surface area contributed by atoms with E-state index in [0.717, 1.165) is 38.5 Å². The first kappa shape index (κ1) is 23.3. The maximum absolute atomic E-state index is 13.7. The van der Waals surface area contributed by atoms with E-state index in [4.69, 9.17) is 5.73 Å². The van der Waals surface area contributed by atoms with Gasteiger partial charge in [0.1, 0.15) is 5.82 Å². The second-order valence-corrected chi connectivity index (χ2v) is 9.20. The number of fused-ring (bicyclic) bond motifs is 1. The Morgan fingerprint density at radius 2 is 1.91 bits per heavy atom. The third-order valence-electron chi connectivity index (χ3n) is 6.80. The lowest BCUT2D eigenvalue weighted by Gasteiger charge is -2.32. The summed E-state index contributed by atoms with van der Waals surface area (Å²) in [6.07, 6.45) is 6.51. The van der Waals surface area contributed by atoms with Crippen LogP contribution in [-0.4, -0.2) is 39.5 Å². The van der Waals surface area contributed by atoms with Crippen molar-refractivity contribution in [2.75, 3.05) is 23.7 Å². The lowest BCUT2D eigenvalue weighted by Crippen LogP contribution is -2.46. The number of unbranched alkanes of at least 4 members (excludes halogenated alkanes) is 1. The fourth-order valence-corrected chi connectivity index (χ4v) is 4.98. The first-order chi connectivity index (χ1) is 16.0. The Labute approximate surface area is 194 Å². The highest BCUT2D eigenvalue weighted by Crippen LogP contribution is 2.41. The minimum Gasteiger partial charge on any atom is -0.383 e. The number of amides is 1. The molecule has 0 radical (unpaired) electrons. The van der Waals surface area contributed by atoms with E-state index >= 15 is 0 Å². The molecule has 4 rings (SSSR count). The van der Waals surface area contributed by atoms with Crippen LogP contribution in [0.3, 0.4) is 0 Å². The number of carbonyl (C=O) groups is 1. The molecule has 8 heteroatoms. The number of rotatable bonds is 10. The zero-order chi connectivity index (χ0) is 23.5. The van der Waals surface area contributed by atoms with Gasteiger partial charge in [-0.15, -0.1) is 0 Å². The van der Waals surface area contributed by atoms with Gasteiger partial charge in [-0.25, -0.2) is 4.79 Å². The lowest BCUT2D eigenvalue weighted by atomic mass is 10.1. The molecule has 2 aromatic rings. The predicted octanol–water partition coefficient (Wildman–Crippen LogP) is 2.81. The number of nitrogens with one attached hydrogen (secondary N) is 1. The van der Waals surface area contributed by atoms with Crippen molar-refractivity contribution in [2.45, 2.75) is 77.4 Å². The molecular weight excluding hydrogens is 418 g/mol. The molecule has 1 heterocycles. The average Bonchev–Trinajstić information content (AvgIpc) is 3.55. The SMILES string of the molecule is CCCCN(C(=O)CN(C1CC1)C1CCc2ccccc21)c1c(N)n(CCC)c(=O)[nH]c1=O. The summed E-state index contributed by atoms with van der Waals surface area (Å²) in [5.74, 6) is -0.0714. The van der Waals surface area contributed by atoms with Crippen LogP contribution in [0.1, 0.15) is 69.5 Å². The summed E-state index contributed by atoms with van der Waals surface area (Å²) in [6, 6.07) is 9.09. The number of hydrogen-bond acceptors (Lipinski definition) is 5. The van der Waals surface area contributed by atoms with Crippen LogP contribution < -0.4 is 21.9 Å². The zero-order valence-corrected chi connectivity index (χ0v) is 19.7. The van der Waals surface area contributed by atoms with Crippen LogP contribution in [0.2, 0.25) is 0 Å². The van der Waals surface area contributed by atoms with Gasteiger partial charge in [0.2, 0.25) is 5.91 Å². The summed E-state index contributed by atoms with van der Waals surface area (Å²) in [6.45, 7) is 4.99. The molecule has 1 aromatic heterocycles. The average molecular weight is 454 g/mol. The number of nitrogens with zero attached hydrogens (tertiary/aromatic N) is 3. The van der Waals surface area contributed by atoms with Gasteiger partial charge in [0.05, 0.1) is 6.54 Å². The van der Waals surface area contributed by atoms with Gasteiger partial charge >= 0.3 is 5.69 Å². The summed E-state index contributed by atoms with van der Waals surface area (Å²) in [7, 11) is 0. The Bertz CT molecular complexity index is 1120. The number of aryl methyl sites for hydroxylation is 1. The van der Waals surface area contributed by atoms with E-state index in [1.54, 1.807) is 0 Å². The molecule has 2 aliphatic carbocycles. The highest BCUT2D eigenvalue weighted by Gasteiger charge is 2.39. The normalized spacial score (nSPS) is 17.4. The number of hydrogen-bond donors (Lipinski definition) is 2. The molecule has 1 aromatic carbocycles. The first-order valence-corrected chi connectivity index (χ1v) is 12.2. The number of nitrogens with two attached hydrogens (primary N) is 1. The van der Waals surface area contributed by atoms with Crippen molar-refractivity contribution >= 4 is 17.4 Å². The van der Waals surface area contributed by atoms with Crippen LogP contribution in [-0.2, 0) is 17.8 Å². The molecule has 3 N–H and O–H groups in total. The monoisotopic (exact) mass is 453 g/mol. The van der Waals surface area contributed by atoms with Gasteiger partial charge in [-0.1, -0.05) is 44.5 Å². The number of aromatic nitrogens is 2. The number of H-pyrrole nitrogens is 1. The van der Waals surface area contributed by atoms with Gasteiger partial charge in [0.15, 0.2) is 5.69 Å². The van der Waals surface area contributed by atoms with Crippen molar-refractivity contribution in [3.63, 3.8) is 0 Å². The Balaban J connectivity index is 1.66. The summed E-state index contributed by atoms with van der Waals surface area (Å²) in [4.78, 5) is 45.0. The third-order valence-corrected chi connectivity index (χ3v) is 6.80. The number of benzene rings is 1. The van der Waals surface area contributed by atoms with Crippen LogP contribution in [0.25, 0.3) is 0 Å². The van der Waals surface area contributed by atoms with E-state index in [1.807, 2.05) is 13.8 Å². The van der Waals surface area contributed by atoms with Crippen molar-refractivity contribution in [3.8, 4) is 0 Å². The van der Waals surface area contributed by atoms with E-state index in [1.165, 1.54) is 20.6 Å². The predicted molar refractivity (Wildman–Crippen MR) is 131 cm³/mol. The van der Waals surface area contributed by atoms with E-state index in [2.05, 4.69) is 34.1 Å². The molecule has 0 bridgehead atoms. The number of anilines is 2. The summed E-state index contributed by atoms with van der Waals surface area (Å²) < 4.78 is 1.36. The summed E-state index contributed by atoms with van der Waals surface area (Å²) in [5, 5.41) is 0. The Morgan fingerprint density at radius 3 is 2.61 bits per heavy atom. The fraction of sp³-hybridized carbons (Fsp3) is 0.560. The van der Waals surface area contributed by atoms with Crippen molar-refractivity contribution in [3.05, 3.63) is 56.2 Å². The summed E-state index contributed by atoms with van der Waals surface area (Å²) >= 11 is 0. The van der Waals surface area contributed by atoms with Gasteiger partial charge in [-0.3, -0.25) is 24.0 Å². The first-order valence-electron chi connectivity index (χ1n) is 12.2. The Kier molecular flexibility index (Phi) is 7.02. The Morgan fingerprint density at radius 1 is 1.15 bits per heavy atom. The highest BCUT2D eigenvalue weighted by molar-refractivity contribution is 5.97. The zero-order valence-electron chi connectivity index (χ0n) is 19.7. The fourth-order valence-electron chi connectivity index (χ4n) is 4.98. The largest absolute Gasteiger partial charge is 0.383 e. The second kappa shape index (κ2) is 9.95. The third kappa shape index (κ3) is 4.76. The topological polar surface area (TPSA) is 104 Å². The maximum Gasteiger partial charge on any atom is 0.330 e. The standard InChI is InChI=1S/C25H35N5O3/c1-3-5-15-28(22-23(26)29(14-4-2)25(33)27-24(22)32)21(31)16-30(18-11-12-18)20-13-10-17-8-6-7-9-19(17)20/h6-9,18,20H,3-5,10-16,26H2,1-2H3,(H,27,32,33). The molecule has 1 unspecified atom stereocenters. The lowest BCUT2D eigenvalue weighted by molar-refractivity contribution is -0.120. The minimum absolute atomic E-state index is 0.0687. The highest BCUT2D eigenvalue weighted by atomic mass is 16.2. The van der Waals surface area contributed by atoms with Gasteiger partial charge in [0.25, 0.3) is 5.56 Å². The van der Waals surface area contributed by atoms with Crippen LogP contribution >= 0.6 is 0 Å². The molecule has 33 heavy (non-hydrogen) atoms. The van der Waals surface area contributed by atoms with Crippen LogP contribution in [0.4, 0.5) is 11.5 Å². The molecular formula is C25H35N5O3. The molecule has 1 amide bonds. The van der Waals surface area contributed by atoms with E-state index in [9.17, 15) is 14.4 Å². The molecule has 2 aliphatic rings. The molecule has 1 atom stereocenters. The van der Waals surface area contributed by atoms with E-state index in [0.29, 0.717) is 25.6 Å². The van der Waals surface area contributed by atoms with Gasteiger partial charge in [-0.05, 0) is 49.7 Å². The van der Waals surface area contributed by atoms with Gasteiger partial charge in [0, 0.05) is 25.2 Å². The molecule has 8 nitrogen and oxygen atoms in total. The number of nitrogen functional groups attached to an aromatic ring is 1. The van der Waals surface area contributed by atoms with Gasteiger partial charge < -0.3 is 10.6 Å². The van der Waals surface area contributed by atoms with Crippen molar-refractivity contribution in [1.29, 1.82) is 0 Å². The number of aromatic amines is 1. The molecule has 0 spiro atoms. The molecule has 0 aliphatic heterocycles. The van der Waals surface area contributed by atoms with E-state index < -0.39 is 11.2 Å². The molecule has 1 fully saturated rings. The maximum atomic E-state index is 13.7. The molecule has 178 valence electrons. The number of carbonyl (C=O) groups excluding carboxylic acids is 1. The molecule has 1 saturated carbocycles. The van der Waals surface area contributed by atoms with E-state index in [-0.39, 0.29) is 30.0 Å². The van der Waals surface area contributed by atoms with Crippen molar-refractivity contribution < 1.29 is 4.79 Å². The van der Waals surface area contributed by atoms with Crippen LogP contribution in [0.5, 0.6) is 0 Å². The van der Waals surface area contributed by atoms with Gasteiger partial charge in [-0.2, -0.15) is 0 Å². The van der Waals surface area contributed by atoms with Crippen LogP contribution in [0, 0.1) is 0 Å². The van der Waals surface area contributed by atoms with Crippen molar-refractivity contribution in [2.24, 2.45) is 0 Å². The second-order valence-electron chi connectivity index (χ2n) is 9.20. The quantitative estimate of drug-likeness (QED) is 0.576. The summed E-state index contributed by atoms with van der Waals surface area (Å²) in [5.41, 5.74) is 7.94. The van der Waals surface area contributed by atoms with Crippen LogP contribution in [0.15, 0.2) is 33.9 Å².